The second-order valence-corrected chi connectivity index (χ2v) is 7.70. The maximum atomic E-state index is 12.1. The van der Waals surface area contributed by atoms with Crippen LogP contribution in [0.2, 0.25) is 0 Å². The Bertz CT molecular complexity index is 943. The number of carboxylic acids is 1. The number of rotatable bonds is 6. The second kappa shape index (κ2) is 10.0. The third-order valence-electron chi connectivity index (χ3n) is 5.25. The van der Waals surface area contributed by atoms with E-state index in [9.17, 15) is 18.0 Å². The Labute approximate surface area is 183 Å². The molecule has 4 rings (SSSR count). The average molecular weight is 454 g/mol. The highest BCUT2D eigenvalue weighted by Crippen LogP contribution is 2.33. The number of halogens is 3. The minimum Gasteiger partial charge on any atom is -0.486 e. The van der Waals surface area contributed by atoms with Crippen molar-refractivity contribution in [3.8, 4) is 5.75 Å². The van der Waals surface area contributed by atoms with Gasteiger partial charge in [-0.25, -0.2) is 4.79 Å². The van der Waals surface area contributed by atoms with Crippen LogP contribution in [0.5, 0.6) is 5.75 Å². The van der Waals surface area contributed by atoms with Crippen LogP contribution < -0.4 is 4.74 Å². The van der Waals surface area contributed by atoms with Gasteiger partial charge in [-0.05, 0) is 30.9 Å². The molecule has 0 aromatic carbocycles. The molecule has 1 aliphatic heterocycles. The van der Waals surface area contributed by atoms with Gasteiger partial charge >= 0.3 is 12.1 Å². The molecule has 174 valence electrons. The maximum Gasteiger partial charge on any atom is 0.490 e. The first-order valence-electron chi connectivity index (χ1n) is 10.4. The van der Waals surface area contributed by atoms with E-state index < -0.39 is 12.1 Å². The molecule has 11 heteroatoms. The van der Waals surface area contributed by atoms with E-state index in [1.807, 2.05) is 24.0 Å². The molecule has 8 nitrogen and oxygen atoms in total. The number of ether oxygens (including phenoxy) is 1. The van der Waals surface area contributed by atoms with Crippen molar-refractivity contribution in [2.45, 2.75) is 58.5 Å². The Hall–Kier alpha value is -3.11. The monoisotopic (exact) mass is 454 g/mol. The lowest BCUT2D eigenvalue weighted by atomic mass is 10.0. The number of carboxylic acid groups (broad SMARTS) is 1. The van der Waals surface area contributed by atoms with Crippen LogP contribution >= 0.6 is 0 Å². The lowest BCUT2D eigenvalue weighted by Gasteiger charge is -2.27. The molecule has 1 aliphatic carbocycles. The number of alkyl halides is 3. The van der Waals surface area contributed by atoms with Gasteiger partial charge in [-0.3, -0.25) is 14.5 Å². The Morgan fingerprint density at radius 3 is 2.59 bits per heavy atom. The van der Waals surface area contributed by atoms with Gasteiger partial charge in [0.1, 0.15) is 18.1 Å². The molecule has 0 radical (unpaired) electrons. The average Bonchev–Trinajstić information content (AvgIpc) is 3.53. The first kappa shape index (κ1) is 23.6. The van der Waals surface area contributed by atoms with Crippen molar-refractivity contribution in [3.05, 3.63) is 41.5 Å². The Kier molecular flexibility index (Phi) is 7.37. The molecule has 2 aliphatic rings. The van der Waals surface area contributed by atoms with E-state index in [1.165, 1.54) is 24.1 Å². The predicted octanol–water partition coefficient (Wildman–Crippen LogP) is 3.20. The van der Waals surface area contributed by atoms with Crippen LogP contribution in [-0.4, -0.2) is 49.4 Å². The summed E-state index contributed by atoms with van der Waals surface area (Å²) in [4.78, 5) is 27.0. The lowest BCUT2D eigenvalue weighted by Crippen LogP contribution is -2.36. The Morgan fingerprint density at radius 1 is 1.31 bits per heavy atom. The van der Waals surface area contributed by atoms with Crippen molar-refractivity contribution in [1.29, 1.82) is 0 Å². The fourth-order valence-electron chi connectivity index (χ4n) is 3.39. The molecule has 0 unspecified atom stereocenters. The molecular formula is C21H25F3N4O4. The zero-order chi connectivity index (χ0) is 23.3. The topological polar surface area (TPSA) is 97.6 Å². The van der Waals surface area contributed by atoms with E-state index in [0.717, 1.165) is 36.9 Å². The van der Waals surface area contributed by atoms with Gasteiger partial charge in [0.05, 0.1) is 6.20 Å². The largest absolute Gasteiger partial charge is 0.490 e. The van der Waals surface area contributed by atoms with Gasteiger partial charge in [0.25, 0.3) is 0 Å². The quantitative estimate of drug-likeness (QED) is 0.720. The van der Waals surface area contributed by atoms with Gasteiger partial charge in [-0.2, -0.15) is 18.3 Å². The lowest BCUT2D eigenvalue weighted by molar-refractivity contribution is -0.192. The van der Waals surface area contributed by atoms with Crippen molar-refractivity contribution in [1.82, 2.24) is 19.7 Å². The minimum atomic E-state index is -5.08. The van der Waals surface area contributed by atoms with Gasteiger partial charge in [0, 0.05) is 49.9 Å². The van der Waals surface area contributed by atoms with E-state index in [2.05, 4.69) is 9.67 Å². The molecule has 1 fully saturated rings. The SMILES string of the molecule is CCC(=O)N1CCc2c(c(COc3cccnc3)nn2CC2CC2)C1.O=C(O)C(F)(F)F. The predicted molar refractivity (Wildman–Crippen MR) is 107 cm³/mol. The third kappa shape index (κ3) is 6.21. The van der Waals surface area contributed by atoms with Crippen LogP contribution in [0.4, 0.5) is 13.2 Å². The van der Waals surface area contributed by atoms with Crippen molar-refractivity contribution in [2.24, 2.45) is 5.92 Å². The van der Waals surface area contributed by atoms with Crippen LogP contribution in [-0.2, 0) is 35.7 Å². The fourth-order valence-corrected chi connectivity index (χ4v) is 3.39. The highest BCUT2D eigenvalue weighted by Gasteiger charge is 2.38. The van der Waals surface area contributed by atoms with E-state index in [1.54, 1.807) is 12.4 Å². The number of carbonyl (C=O) groups excluding carboxylic acids is 1. The van der Waals surface area contributed by atoms with Gasteiger partial charge in [0.2, 0.25) is 5.91 Å². The standard InChI is InChI=1S/C19H24N4O2.C2HF3O2/c1-2-19(24)22-9-7-18-16(12-22)17(21-23(18)11-14-5-6-14)13-25-15-4-3-8-20-10-15;3-2(4,5)1(6)7/h3-4,8,10,14H,2,5-7,9,11-13H2,1H3;(H,6,7). The van der Waals surface area contributed by atoms with Crippen molar-refractivity contribution >= 4 is 11.9 Å². The minimum absolute atomic E-state index is 0.208. The summed E-state index contributed by atoms with van der Waals surface area (Å²) in [6.07, 6.45) is 2.39. The molecule has 0 bridgehead atoms. The van der Waals surface area contributed by atoms with E-state index in [0.29, 0.717) is 19.6 Å². The summed E-state index contributed by atoms with van der Waals surface area (Å²) in [5.41, 5.74) is 3.42. The summed E-state index contributed by atoms with van der Waals surface area (Å²) >= 11 is 0. The smallest absolute Gasteiger partial charge is 0.486 e. The van der Waals surface area contributed by atoms with Gasteiger partial charge in [0.15, 0.2) is 0 Å². The van der Waals surface area contributed by atoms with Crippen LogP contribution in [0.15, 0.2) is 24.5 Å². The van der Waals surface area contributed by atoms with Gasteiger partial charge in [-0.15, -0.1) is 0 Å². The number of aliphatic carboxylic acids is 1. The summed E-state index contributed by atoms with van der Waals surface area (Å²) < 4.78 is 39.8. The van der Waals surface area contributed by atoms with Gasteiger partial charge < -0.3 is 14.7 Å². The molecule has 1 amide bonds. The molecule has 1 N–H and O–H groups in total. The zero-order valence-electron chi connectivity index (χ0n) is 17.6. The number of pyridine rings is 1. The number of hydrogen-bond acceptors (Lipinski definition) is 5. The molecule has 2 aromatic rings. The number of fused-ring (bicyclic) bond motifs is 1. The third-order valence-corrected chi connectivity index (χ3v) is 5.25. The molecule has 3 heterocycles. The Morgan fingerprint density at radius 2 is 2.03 bits per heavy atom. The normalized spacial score (nSPS) is 15.4. The summed E-state index contributed by atoms with van der Waals surface area (Å²) in [6.45, 7) is 4.77. The maximum absolute atomic E-state index is 12.1. The summed E-state index contributed by atoms with van der Waals surface area (Å²) in [5.74, 6) is -1.04. The van der Waals surface area contributed by atoms with Crippen LogP contribution in [0, 0.1) is 5.92 Å². The summed E-state index contributed by atoms with van der Waals surface area (Å²) in [6, 6.07) is 3.76. The number of nitrogens with zero attached hydrogens (tertiary/aromatic N) is 4. The van der Waals surface area contributed by atoms with Crippen molar-refractivity contribution < 1.29 is 32.6 Å². The molecule has 1 saturated carbocycles. The number of aromatic nitrogens is 3. The van der Waals surface area contributed by atoms with Crippen molar-refractivity contribution in [2.75, 3.05) is 6.54 Å². The molecule has 0 atom stereocenters. The molecule has 2 aromatic heterocycles. The second-order valence-electron chi connectivity index (χ2n) is 7.70. The number of carbonyl (C=O) groups is 2. The van der Waals surface area contributed by atoms with E-state index in [4.69, 9.17) is 19.7 Å². The number of hydrogen-bond donors (Lipinski definition) is 1. The van der Waals surface area contributed by atoms with Crippen molar-refractivity contribution in [3.63, 3.8) is 0 Å². The highest BCUT2D eigenvalue weighted by atomic mass is 19.4. The fraction of sp³-hybridized carbons (Fsp3) is 0.524. The zero-order valence-corrected chi connectivity index (χ0v) is 17.6. The van der Waals surface area contributed by atoms with Crippen LogP contribution in [0.25, 0.3) is 0 Å². The summed E-state index contributed by atoms with van der Waals surface area (Å²) in [7, 11) is 0. The summed E-state index contributed by atoms with van der Waals surface area (Å²) in [5, 5.41) is 12.0. The van der Waals surface area contributed by atoms with E-state index in [-0.39, 0.29) is 5.91 Å². The molecule has 0 spiro atoms. The van der Waals surface area contributed by atoms with Gasteiger partial charge in [-0.1, -0.05) is 6.92 Å². The molecule has 32 heavy (non-hydrogen) atoms. The molecular weight excluding hydrogens is 429 g/mol. The highest BCUT2D eigenvalue weighted by molar-refractivity contribution is 5.76. The first-order valence-corrected chi connectivity index (χ1v) is 10.4. The molecule has 0 saturated heterocycles. The first-order chi connectivity index (χ1) is 15.2. The van der Waals surface area contributed by atoms with Crippen LogP contribution in [0.3, 0.4) is 0 Å². The number of amides is 1. The van der Waals surface area contributed by atoms with Crippen LogP contribution in [0.1, 0.15) is 43.1 Å². The Balaban J connectivity index is 0.000000360. The van der Waals surface area contributed by atoms with E-state index >= 15 is 0 Å².